The van der Waals surface area contributed by atoms with Crippen molar-refractivity contribution in [3.63, 3.8) is 0 Å². The Labute approximate surface area is 109 Å². The van der Waals surface area contributed by atoms with Gasteiger partial charge in [0.2, 0.25) is 0 Å². The molecule has 1 nitrogen and oxygen atoms in total. The Morgan fingerprint density at radius 2 is 1.44 bits per heavy atom. The van der Waals surface area contributed by atoms with Crippen LogP contribution in [0.4, 0.5) is 5.69 Å². The van der Waals surface area contributed by atoms with Crippen LogP contribution in [0.3, 0.4) is 0 Å². The Morgan fingerprint density at radius 1 is 0.778 bits per heavy atom. The molecule has 1 saturated heterocycles. The second kappa shape index (κ2) is 5.26. The molecule has 1 heteroatoms. The van der Waals surface area contributed by atoms with Crippen LogP contribution >= 0.6 is 0 Å². The van der Waals surface area contributed by atoms with Gasteiger partial charge >= 0.3 is 0 Å². The van der Waals surface area contributed by atoms with Gasteiger partial charge in [-0.05, 0) is 36.5 Å². The van der Waals surface area contributed by atoms with Crippen LogP contribution in [0.2, 0.25) is 0 Å². The molecule has 1 heterocycles. The summed E-state index contributed by atoms with van der Waals surface area (Å²) in [7, 11) is 0. The van der Waals surface area contributed by atoms with Crippen molar-refractivity contribution in [3.05, 3.63) is 65.7 Å². The highest BCUT2D eigenvalue weighted by Crippen LogP contribution is 2.26. The molecule has 0 amide bonds. The molecule has 3 rings (SSSR count). The van der Waals surface area contributed by atoms with Crippen LogP contribution in [0.1, 0.15) is 24.0 Å². The van der Waals surface area contributed by atoms with Crippen LogP contribution in [0.15, 0.2) is 54.6 Å². The summed E-state index contributed by atoms with van der Waals surface area (Å²) in [6, 6.07) is 19.6. The monoisotopic (exact) mass is 237 g/mol. The topological polar surface area (TPSA) is 3.24 Å². The average Bonchev–Trinajstić information content (AvgIpc) is 2.94. The first-order chi connectivity index (χ1) is 8.93. The van der Waals surface area contributed by atoms with Gasteiger partial charge in [-0.15, -0.1) is 0 Å². The third kappa shape index (κ3) is 2.40. The van der Waals surface area contributed by atoms with E-state index in [1.165, 1.54) is 42.7 Å². The molecule has 0 bridgehead atoms. The predicted octanol–water partition coefficient (Wildman–Crippen LogP) is 3.88. The molecular weight excluding hydrogens is 218 g/mol. The van der Waals surface area contributed by atoms with E-state index in [0.29, 0.717) is 0 Å². The molecule has 2 aromatic rings. The second-order valence-corrected chi connectivity index (χ2v) is 4.99. The van der Waals surface area contributed by atoms with Gasteiger partial charge in [-0.3, -0.25) is 0 Å². The minimum absolute atomic E-state index is 1.04. The Kier molecular flexibility index (Phi) is 3.31. The summed E-state index contributed by atoms with van der Waals surface area (Å²) >= 11 is 0. The van der Waals surface area contributed by atoms with Gasteiger partial charge in [-0.25, -0.2) is 0 Å². The summed E-state index contributed by atoms with van der Waals surface area (Å²) in [6.45, 7) is 2.43. The number of rotatable bonds is 3. The summed E-state index contributed by atoms with van der Waals surface area (Å²) in [5.74, 6) is 0. The van der Waals surface area contributed by atoms with E-state index in [2.05, 4.69) is 59.5 Å². The smallest absolute Gasteiger partial charge is 0.0402 e. The lowest BCUT2D eigenvalue weighted by atomic mass is 10.0. The minimum Gasteiger partial charge on any atom is -0.371 e. The van der Waals surface area contributed by atoms with Crippen LogP contribution < -0.4 is 4.90 Å². The van der Waals surface area contributed by atoms with E-state index >= 15 is 0 Å². The van der Waals surface area contributed by atoms with Gasteiger partial charge in [0.15, 0.2) is 0 Å². The first kappa shape index (κ1) is 11.3. The fourth-order valence-electron chi connectivity index (χ4n) is 2.74. The van der Waals surface area contributed by atoms with Gasteiger partial charge in [-0.1, -0.05) is 48.5 Å². The summed E-state index contributed by atoms with van der Waals surface area (Å²) in [4.78, 5) is 2.53. The van der Waals surface area contributed by atoms with Crippen LogP contribution in [0.25, 0.3) is 0 Å². The molecular formula is C17H19N. The summed E-state index contributed by atoms with van der Waals surface area (Å²) in [5.41, 5.74) is 4.27. The Balaban J connectivity index is 1.87. The zero-order chi connectivity index (χ0) is 12.2. The van der Waals surface area contributed by atoms with Crippen LogP contribution in [0.5, 0.6) is 0 Å². The van der Waals surface area contributed by atoms with Gasteiger partial charge in [-0.2, -0.15) is 0 Å². The Hall–Kier alpha value is -1.76. The number of para-hydroxylation sites is 1. The molecule has 1 aliphatic heterocycles. The quantitative estimate of drug-likeness (QED) is 0.783. The molecule has 2 aromatic carbocycles. The van der Waals surface area contributed by atoms with E-state index in [-0.39, 0.29) is 0 Å². The largest absolute Gasteiger partial charge is 0.371 e. The molecule has 0 aliphatic carbocycles. The SMILES string of the molecule is c1ccc(Cc2ccccc2N2CCCC2)cc1. The first-order valence-electron chi connectivity index (χ1n) is 6.80. The molecule has 92 valence electrons. The maximum absolute atomic E-state index is 2.53. The van der Waals surface area contributed by atoms with Crippen LogP contribution in [0, 0.1) is 0 Å². The van der Waals surface area contributed by atoms with E-state index in [1.807, 2.05) is 0 Å². The molecule has 1 fully saturated rings. The van der Waals surface area contributed by atoms with Gasteiger partial charge in [0.25, 0.3) is 0 Å². The fourth-order valence-corrected chi connectivity index (χ4v) is 2.74. The zero-order valence-electron chi connectivity index (χ0n) is 10.7. The molecule has 0 N–H and O–H groups in total. The van der Waals surface area contributed by atoms with E-state index in [9.17, 15) is 0 Å². The maximum atomic E-state index is 2.53. The van der Waals surface area contributed by atoms with Crippen molar-refractivity contribution >= 4 is 5.69 Å². The van der Waals surface area contributed by atoms with Crippen molar-refractivity contribution in [3.8, 4) is 0 Å². The molecule has 0 spiro atoms. The normalized spacial score (nSPS) is 15.0. The van der Waals surface area contributed by atoms with Crippen LogP contribution in [-0.4, -0.2) is 13.1 Å². The summed E-state index contributed by atoms with van der Waals surface area (Å²) < 4.78 is 0. The lowest BCUT2D eigenvalue weighted by Gasteiger charge is -2.21. The van der Waals surface area contributed by atoms with Crippen LogP contribution in [-0.2, 0) is 6.42 Å². The molecule has 0 saturated carbocycles. The lowest BCUT2D eigenvalue weighted by Crippen LogP contribution is -2.19. The third-order valence-electron chi connectivity index (χ3n) is 3.68. The summed E-state index contributed by atoms with van der Waals surface area (Å²) in [5, 5.41) is 0. The van der Waals surface area contributed by atoms with E-state index in [0.717, 1.165) is 6.42 Å². The van der Waals surface area contributed by atoms with Gasteiger partial charge in [0, 0.05) is 18.8 Å². The van der Waals surface area contributed by atoms with Crippen molar-refractivity contribution in [2.75, 3.05) is 18.0 Å². The Morgan fingerprint density at radius 3 is 2.22 bits per heavy atom. The average molecular weight is 237 g/mol. The fraction of sp³-hybridized carbons (Fsp3) is 0.294. The summed E-state index contributed by atoms with van der Waals surface area (Å²) in [6.07, 6.45) is 3.70. The van der Waals surface area contributed by atoms with Crippen molar-refractivity contribution in [2.24, 2.45) is 0 Å². The highest BCUT2D eigenvalue weighted by Gasteiger charge is 2.15. The zero-order valence-corrected chi connectivity index (χ0v) is 10.7. The van der Waals surface area contributed by atoms with E-state index < -0.39 is 0 Å². The number of hydrogen-bond acceptors (Lipinski definition) is 1. The molecule has 0 atom stereocenters. The highest BCUT2D eigenvalue weighted by molar-refractivity contribution is 5.55. The van der Waals surface area contributed by atoms with Crippen molar-refractivity contribution in [1.82, 2.24) is 0 Å². The molecule has 0 radical (unpaired) electrons. The van der Waals surface area contributed by atoms with Gasteiger partial charge in [0.1, 0.15) is 0 Å². The van der Waals surface area contributed by atoms with Crippen molar-refractivity contribution < 1.29 is 0 Å². The van der Waals surface area contributed by atoms with Gasteiger partial charge < -0.3 is 4.90 Å². The first-order valence-corrected chi connectivity index (χ1v) is 6.80. The number of anilines is 1. The number of hydrogen-bond donors (Lipinski definition) is 0. The van der Waals surface area contributed by atoms with E-state index in [1.54, 1.807) is 0 Å². The van der Waals surface area contributed by atoms with Gasteiger partial charge in [0.05, 0.1) is 0 Å². The molecule has 1 aliphatic rings. The van der Waals surface area contributed by atoms with Crippen molar-refractivity contribution in [1.29, 1.82) is 0 Å². The maximum Gasteiger partial charge on any atom is 0.0402 e. The van der Waals surface area contributed by atoms with E-state index in [4.69, 9.17) is 0 Å². The Bertz CT molecular complexity index is 498. The molecule has 18 heavy (non-hydrogen) atoms. The molecule has 0 aromatic heterocycles. The van der Waals surface area contributed by atoms with Crippen molar-refractivity contribution in [2.45, 2.75) is 19.3 Å². The minimum atomic E-state index is 1.04. The number of benzene rings is 2. The second-order valence-electron chi connectivity index (χ2n) is 4.99. The standard InChI is InChI=1S/C17H19N/c1-2-8-15(9-3-1)14-16-10-4-5-11-17(16)18-12-6-7-13-18/h1-5,8-11H,6-7,12-14H2. The number of nitrogens with zero attached hydrogens (tertiary/aromatic N) is 1. The predicted molar refractivity (Wildman–Crippen MR) is 77.1 cm³/mol. The molecule has 0 unspecified atom stereocenters. The highest BCUT2D eigenvalue weighted by atomic mass is 15.1. The third-order valence-corrected chi connectivity index (χ3v) is 3.68. The lowest BCUT2D eigenvalue weighted by molar-refractivity contribution is 0.949.